The summed E-state index contributed by atoms with van der Waals surface area (Å²) in [5.41, 5.74) is -0.172. The third kappa shape index (κ3) is 2.89. The van der Waals surface area contributed by atoms with Crippen molar-refractivity contribution in [1.29, 1.82) is 0 Å². The second-order valence-corrected chi connectivity index (χ2v) is 6.56. The van der Waals surface area contributed by atoms with Gasteiger partial charge in [-0.25, -0.2) is 8.78 Å². The Morgan fingerprint density at radius 3 is 2.52 bits per heavy atom. The molecule has 0 aliphatic heterocycles. The first kappa shape index (κ1) is 16.1. The maximum absolute atomic E-state index is 12.8. The van der Waals surface area contributed by atoms with Gasteiger partial charge >= 0.3 is 6.18 Å². The third-order valence-corrected chi connectivity index (χ3v) is 4.83. The van der Waals surface area contributed by atoms with E-state index in [9.17, 15) is 26.7 Å². The van der Waals surface area contributed by atoms with Gasteiger partial charge in [0.05, 0.1) is 9.75 Å². The van der Waals surface area contributed by atoms with Crippen LogP contribution >= 0.6 is 11.3 Å². The van der Waals surface area contributed by atoms with Crippen LogP contribution in [0.3, 0.4) is 0 Å². The van der Waals surface area contributed by atoms with E-state index in [1.54, 1.807) is 0 Å². The van der Waals surface area contributed by atoms with Crippen LogP contribution in [-0.4, -0.2) is 16.9 Å². The molecule has 1 aliphatic carbocycles. The summed E-state index contributed by atoms with van der Waals surface area (Å²) < 4.78 is 68.1. The first-order valence-electron chi connectivity index (χ1n) is 6.64. The summed E-state index contributed by atoms with van der Waals surface area (Å²) in [5, 5.41) is 3.41. The lowest BCUT2D eigenvalue weighted by Crippen LogP contribution is -2.39. The number of aromatic nitrogens is 1. The second-order valence-electron chi connectivity index (χ2n) is 5.47. The minimum absolute atomic E-state index is 0.000291. The summed E-state index contributed by atoms with van der Waals surface area (Å²) in [6, 6.07) is 2.86. The Kier molecular flexibility index (Phi) is 3.58. The van der Waals surface area contributed by atoms with Gasteiger partial charge in [0.1, 0.15) is 5.69 Å². The Hall–Kier alpha value is -1.77. The molecule has 0 bridgehead atoms. The zero-order valence-electron chi connectivity index (χ0n) is 11.7. The molecule has 1 saturated carbocycles. The standard InChI is InChI=1S/C14H10F5NO2S/c1-6-10(20-22-12(6)14(17,18)19)8-2-3-9(23-8)11(21)7-4-13(15,16)5-7/h2-3,7H,4-5H2,1H3. The molecule has 0 amide bonds. The van der Waals surface area contributed by atoms with Gasteiger partial charge in [0.2, 0.25) is 11.7 Å². The van der Waals surface area contributed by atoms with Gasteiger partial charge in [0.25, 0.3) is 0 Å². The molecule has 23 heavy (non-hydrogen) atoms. The number of hydrogen-bond acceptors (Lipinski definition) is 4. The number of rotatable bonds is 3. The van der Waals surface area contributed by atoms with Crippen molar-refractivity contribution in [3.05, 3.63) is 28.3 Å². The maximum Gasteiger partial charge on any atom is 0.452 e. The van der Waals surface area contributed by atoms with Crippen molar-refractivity contribution in [2.75, 3.05) is 0 Å². The second kappa shape index (κ2) is 5.12. The zero-order valence-corrected chi connectivity index (χ0v) is 12.5. The minimum Gasteiger partial charge on any atom is -0.351 e. The van der Waals surface area contributed by atoms with Crippen molar-refractivity contribution in [1.82, 2.24) is 5.16 Å². The van der Waals surface area contributed by atoms with E-state index >= 15 is 0 Å². The Labute approximate surface area is 131 Å². The highest BCUT2D eigenvalue weighted by Crippen LogP contribution is 2.45. The SMILES string of the molecule is Cc1c(-c2ccc(C(=O)C3CC(F)(F)C3)s2)noc1C(F)(F)F. The Balaban J connectivity index is 1.83. The number of hydrogen-bond donors (Lipinski definition) is 0. The topological polar surface area (TPSA) is 43.1 Å². The molecule has 124 valence electrons. The van der Waals surface area contributed by atoms with Crippen molar-refractivity contribution in [3.8, 4) is 10.6 Å². The maximum atomic E-state index is 12.8. The lowest BCUT2D eigenvalue weighted by Gasteiger charge is -2.33. The molecule has 0 N–H and O–H groups in total. The molecule has 0 spiro atoms. The number of carbonyl (C=O) groups excluding carboxylic acids is 1. The van der Waals surface area contributed by atoms with E-state index in [4.69, 9.17) is 0 Å². The van der Waals surface area contributed by atoms with Crippen molar-refractivity contribution < 1.29 is 31.3 Å². The van der Waals surface area contributed by atoms with Crippen LogP contribution in [0, 0.1) is 12.8 Å². The molecule has 0 unspecified atom stereocenters. The van der Waals surface area contributed by atoms with E-state index in [-0.39, 0.29) is 16.1 Å². The van der Waals surface area contributed by atoms with Crippen LogP contribution in [-0.2, 0) is 6.18 Å². The molecule has 2 aromatic heterocycles. The van der Waals surface area contributed by atoms with E-state index in [0.717, 1.165) is 11.3 Å². The molecule has 1 aliphatic rings. The molecule has 2 heterocycles. The van der Waals surface area contributed by atoms with Gasteiger partial charge in [0.15, 0.2) is 5.78 Å². The van der Waals surface area contributed by atoms with Gasteiger partial charge in [-0.15, -0.1) is 11.3 Å². The van der Waals surface area contributed by atoms with Crippen LogP contribution in [0.5, 0.6) is 0 Å². The van der Waals surface area contributed by atoms with Gasteiger partial charge in [0, 0.05) is 24.3 Å². The van der Waals surface area contributed by atoms with E-state index in [1.165, 1.54) is 19.1 Å². The zero-order chi connectivity index (χ0) is 17.0. The number of thiophene rings is 1. The summed E-state index contributed by atoms with van der Waals surface area (Å²) in [7, 11) is 0. The Morgan fingerprint density at radius 1 is 1.35 bits per heavy atom. The highest BCUT2D eigenvalue weighted by Gasteiger charge is 2.49. The van der Waals surface area contributed by atoms with Crippen LogP contribution in [0.4, 0.5) is 22.0 Å². The van der Waals surface area contributed by atoms with Gasteiger partial charge in [-0.3, -0.25) is 4.79 Å². The quantitative estimate of drug-likeness (QED) is 0.580. The smallest absolute Gasteiger partial charge is 0.351 e. The molecule has 2 aromatic rings. The minimum atomic E-state index is -4.65. The van der Waals surface area contributed by atoms with Crippen molar-refractivity contribution in [2.45, 2.75) is 31.9 Å². The Morgan fingerprint density at radius 2 is 2.00 bits per heavy atom. The monoisotopic (exact) mass is 351 g/mol. The largest absolute Gasteiger partial charge is 0.452 e. The highest BCUT2D eigenvalue weighted by molar-refractivity contribution is 7.17. The normalized spacial score (nSPS) is 18.0. The lowest BCUT2D eigenvalue weighted by molar-refractivity contribution is -0.156. The molecule has 3 rings (SSSR count). The summed E-state index contributed by atoms with van der Waals surface area (Å²) in [6.07, 6.45) is -5.62. The average Bonchev–Trinajstić information content (AvgIpc) is 3.00. The van der Waals surface area contributed by atoms with Crippen LogP contribution in [0.1, 0.15) is 33.8 Å². The summed E-state index contributed by atoms with van der Waals surface area (Å²) in [4.78, 5) is 12.6. The predicted octanol–water partition coefficient (Wildman–Crippen LogP) is 4.96. The fourth-order valence-electron chi connectivity index (χ4n) is 2.48. The van der Waals surface area contributed by atoms with Crippen LogP contribution in [0.15, 0.2) is 16.7 Å². The van der Waals surface area contributed by atoms with Crippen molar-refractivity contribution in [2.24, 2.45) is 5.92 Å². The van der Waals surface area contributed by atoms with Crippen molar-refractivity contribution in [3.63, 3.8) is 0 Å². The number of carbonyl (C=O) groups is 1. The summed E-state index contributed by atoms with van der Waals surface area (Å²) >= 11 is 0.926. The van der Waals surface area contributed by atoms with E-state index < -0.39 is 42.4 Å². The third-order valence-electron chi connectivity index (χ3n) is 3.72. The van der Waals surface area contributed by atoms with E-state index in [2.05, 4.69) is 9.68 Å². The van der Waals surface area contributed by atoms with Crippen LogP contribution in [0.25, 0.3) is 10.6 Å². The predicted molar refractivity (Wildman–Crippen MR) is 71.6 cm³/mol. The van der Waals surface area contributed by atoms with Crippen molar-refractivity contribution >= 4 is 17.1 Å². The molecular formula is C14H10F5NO2S. The molecule has 0 radical (unpaired) electrons. The molecule has 9 heteroatoms. The molecule has 0 atom stereocenters. The Bertz CT molecular complexity index is 754. The number of halogens is 5. The number of ketones is 1. The first-order valence-corrected chi connectivity index (χ1v) is 7.46. The number of nitrogens with zero attached hydrogens (tertiary/aromatic N) is 1. The van der Waals surface area contributed by atoms with E-state index in [1.807, 2.05) is 0 Å². The highest BCUT2D eigenvalue weighted by atomic mass is 32.1. The lowest BCUT2D eigenvalue weighted by atomic mass is 9.78. The van der Waals surface area contributed by atoms with Gasteiger partial charge in [-0.05, 0) is 19.1 Å². The average molecular weight is 351 g/mol. The number of Topliss-reactive ketones (excluding diaryl/α,β-unsaturated/α-hetero) is 1. The fraction of sp³-hybridized carbons (Fsp3) is 0.429. The first-order chi connectivity index (χ1) is 10.6. The summed E-state index contributed by atoms with van der Waals surface area (Å²) in [6.45, 7) is 1.22. The fourth-order valence-corrected chi connectivity index (χ4v) is 3.54. The molecule has 0 saturated heterocycles. The molecular weight excluding hydrogens is 341 g/mol. The summed E-state index contributed by atoms with van der Waals surface area (Å²) in [5.74, 6) is -5.14. The van der Waals surface area contributed by atoms with Crippen LogP contribution in [0.2, 0.25) is 0 Å². The molecule has 1 fully saturated rings. The van der Waals surface area contributed by atoms with Gasteiger partial charge < -0.3 is 4.52 Å². The molecule has 3 nitrogen and oxygen atoms in total. The molecule has 0 aromatic carbocycles. The van der Waals surface area contributed by atoms with Gasteiger partial charge in [-0.1, -0.05) is 5.16 Å². The van der Waals surface area contributed by atoms with Crippen LogP contribution < -0.4 is 0 Å². The van der Waals surface area contributed by atoms with E-state index in [0.29, 0.717) is 4.88 Å². The number of alkyl halides is 5. The van der Waals surface area contributed by atoms with Gasteiger partial charge in [-0.2, -0.15) is 13.2 Å².